The monoisotopic (exact) mass is 424 g/mol. The molecule has 8 N–H and O–H groups in total. The number of hydrogen-bond acceptors (Lipinski definition) is 8. The molecule has 1 heterocycles. The summed E-state index contributed by atoms with van der Waals surface area (Å²) in [6, 6.07) is 10.3. The number of carboxylic acids is 2. The molecule has 0 saturated carbocycles. The van der Waals surface area contributed by atoms with E-state index in [0.717, 1.165) is 11.3 Å². The molecule has 1 aromatic heterocycles. The normalized spacial score (nSPS) is 11.6. The van der Waals surface area contributed by atoms with Crippen LogP contribution in [0.2, 0.25) is 0 Å². The predicted octanol–water partition coefficient (Wildman–Crippen LogP) is 1.06. The second kappa shape index (κ2) is 8.95. The third kappa shape index (κ3) is 5.35. The minimum absolute atomic E-state index is 0.0949. The number of rotatable bonds is 8. The lowest BCUT2D eigenvalue weighted by atomic mass is 10.1. The number of carbonyl (C=O) groups is 3. The Kier molecular flexibility index (Phi) is 6.15. The number of carboxylic acid groups (broad SMARTS) is 2. The highest BCUT2D eigenvalue weighted by Gasteiger charge is 2.23. The Labute approximate surface area is 176 Å². The molecular weight excluding hydrogens is 404 g/mol. The first-order valence-electron chi connectivity index (χ1n) is 9.14. The third-order valence-corrected chi connectivity index (χ3v) is 4.43. The molecule has 2 aromatic carbocycles. The first-order valence-corrected chi connectivity index (χ1v) is 9.14. The molecule has 0 aliphatic heterocycles. The summed E-state index contributed by atoms with van der Waals surface area (Å²) < 4.78 is 0. The fourth-order valence-electron chi connectivity index (χ4n) is 2.89. The molecule has 0 unspecified atom stereocenters. The maximum Gasteiger partial charge on any atom is 0.326 e. The number of fused-ring (bicyclic) bond motifs is 1. The number of aromatic nitrogens is 2. The van der Waals surface area contributed by atoms with E-state index in [-0.39, 0.29) is 11.5 Å². The van der Waals surface area contributed by atoms with Crippen molar-refractivity contribution < 1.29 is 24.6 Å². The second-order valence-corrected chi connectivity index (χ2v) is 6.71. The minimum Gasteiger partial charge on any atom is -0.481 e. The average molecular weight is 424 g/mol. The molecule has 0 radical (unpaired) electrons. The molecule has 1 atom stereocenters. The number of carbonyl (C=O) groups excluding carboxylic acids is 1. The van der Waals surface area contributed by atoms with Crippen LogP contribution in [0.1, 0.15) is 22.3 Å². The maximum absolute atomic E-state index is 12.2. The standard InChI is InChI=1S/C20H20N6O5/c21-17-13-6-1-10(7-14(13)25-20(22)26-17)9-23-12-4-2-11(3-5-12)18(29)24-15(19(30)31)8-16(27)28/h1-7,15,23H,8-9H2,(H,24,29)(H,27,28)(H,30,31)(H4,21,22,25,26)/t15-/m0/s1. The lowest BCUT2D eigenvalue weighted by Crippen LogP contribution is -2.42. The van der Waals surface area contributed by atoms with Gasteiger partial charge in [-0.05, 0) is 42.0 Å². The summed E-state index contributed by atoms with van der Waals surface area (Å²) in [6.45, 7) is 0.463. The Bertz CT molecular complexity index is 1150. The van der Waals surface area contributed by atoms with Gasteiger partial charge in [0.15, 0.2) is 0 Å². The van der Waals surface area contributed by atoms with Crippen molar-refractivity contribution in [1.82, 2.24) is 15.3 Å². The second-order valence-electron chi connectivity index (χ2n) is 6.71. The van der Waals surface area contributed by atoms with Crippen molar-refractivity contribution in [1.29, 1.82) is 0 Å². The molecule has 3 rings (SSSR count). The van der Waals surface area contributed by atoms with Gasteiger partial charge in [-0.25, -0.2) is 9.78 Å². The van der Waals surface area contributed by atoms with Gasteiger partial charge in [0.1, 0.15) is 11.9 Å². The number of nitrogen functional groups attached to an aromatic ring is 2. The van der Waals surface area contributed by atoms with Gasteiger partial charge in [0.2, 0.25) is 5.95 Å². The van der Waals surface area contributed by atoms with E-state index in [0.29, 0.717) is 23.3 Å². The summed E-state index contributed by atoms with van der Waals surface area (Å²) in [7, 11) is 0. The SMILES string of the molecule is Nc1nc(N)c2ccc(CNc3ccc(C(=O)N[C@@H](CC(=O)O)C(=O)O)cc3)cc2n1. The molecule has 0 aliphatic carbocycles. The van der Waals surface area contributed by atoms with E-state index < -0.39 is 30.3 Å². The van der Waals surface area contributed by atoms with E-state index in [2.05, 4.69) is 20.6 Å². The highest BCUT2D eigenvalue weighted by Crippen LogP contribution is 2.20. The Balaban J connectivity index is 1.64. The number of nitrogens with two attached hydrogens (primary N) is 2. The van der Waals surface area contributed by atoms with E-state index >= 15 is 0 Å². The zero-order valence-corrected chi connectivity index (χ0v) is 16.2. The van der Waals surface area contributed by atoms with Crippen LogP contribution in [0.3, 0.4) is 0 Å². The number of anilines is 3. The average Bonchev–Trinajstić information content (AvgIpc) is 2.71. The van der Waals surface area contributed by atoms with Crippen LogP contribution in [0, 0.1) is 0 Å². The van der Waals surface area contributed by atoms with Crippen LogP contribution in [0.4, 0.5) is 17.5 Å². The van der Waals surface area contributed by atoms with Crippen molar-refractivity contribution in [2.45, 2.75) is 19.0 Å². The fourth-order valence-corrected chi connectivity index (χ4v) is 2.89. The summed E-state index contributed by atoms with van der Waals surface area (Å²) in [4.78, 5) is 42.1. The molecule has 0 bridgehead atoms. The first kappa shape index (κ1) is 21.3. The number of nitrogens with zero attached hydrogens (tertiary/aromatic N) is 2. The van der Waals surface area contributed by atoms with Crippen LogP contribution < -0.4 is 22.1 Å². The number of aliphatic carboxylic acids is 2. The van der Waals surface area contributed by atoms with Crippen LogP contribution in [0.25, 0.3) is 10.9 Å². The van der Waals surface area contributed by atoms with Crippen LogP contribution in [0.15, 0.2) is 42.5 Å². The molecule has 1 amide bonds. The Morgan fingerprint density at radius 3 is 2.35 bits per heavy atom. The smallest absolute Gasteiger partial charge is 0.326 e. The molecule has 11 nitrogen and oxygen atoms in total. The van der Waals surface area contributed by atoms with Crippen molar-refractivity contribution >= 4 is 46.2 Å². The molecule has 0 saturated heterocycles. The van der Waals surface area contributed by atoms with Crippen molar-refractivity contribution in [3.05, 3.63) is 53.6 Å². The summed E-state index contributed by atoms with van der Waals surface area (Å²) in [5.41, 5.74) is 14.0. The van der Waals surface area contributed by atoms with Gasteiger partial charge < -0.3 is 32.3 Å². The number of hydrogen-bond donors (Lipinski definition) is 6. The largest absolute Gasteiger partial charge is 0.481 e. The Morgan fingerprint density at radius 2 is 1.71 bits per heavy atom. The lowest BCUT2D eigenvalue weighted by molar-refractivity contribution is -0.145. The van der Waals surface area contributed by atoms with Gasteiger partial charge in [-0.1, -0.05) is 6.07 Å². The zero-order valence-electron chi connectivity index (χ0n) is 16.2. The van der Waals surface area contributed by atoms with Crippen LogP contribution in [0.5, 0.6) is 0 Å². The van der Waals surface area contributed by atoms with Gasteiger partial charge in [0.25, 0.3) is 5.91 Å². The number of benzene rings is 2. The molecule has 31 heavy (non-hydrogen) atoms. The zero-order chi connectivity index (χ0) is 22.5. The molecule has 11 heteroatoms. The first-order chi connectivity index (χ1) is 14.7. The Hall–Kier alpha value is -4.41. The van der Waals surface area contributed by atoms with Gasteiger partial charge in [0, 0.05) is 23.2 Å². The lowest BCUT2D eigenvalue weighted by Gasteiger charge is -2.13. The van der Waals surface area contributed by atoms with Gasteiger partial charge >= 0.3 is 11.9 Å². The topological polar surface area (TPSA) is 194 Å². The van der Waals surface area contributed by atoms with E-state index in [1.807, 2.05) is 18.2 Å². The predicted molar refractivity (Wildman–Crippen MR) is 113 cm³/mol. The van der Waals surface area contributed by atoms with E-state index in [4.69, 9.17) is 21.7 Å². The molecule has 0 spiro atoms. The summed E-state index contributed by atoms with van der Waals surface area (Å²) >= 11 is 0. The Morgan fingerprint density at radius 1 is 1.00 bits per heavy atom. The third-order valence-electron chi connectivity index (χ3n) is 4.43. The van der Waals surface area contributed by atoms with Crippen LogP contribution >= 0.6 is 0 Å². The fraction of sp³-hybridized carbons (Fsp3) is 0.150. The van der Waals surface area contributed by atoms with Crippen LogP contribution in [-0.2, 0) is 16.1 Å². The summed E-state index contributed by atoms with van der Waals surface area (Å²) in [5.74, 6) is -3.01. The van der Waals surface area contributed by atoms with Gasteiger partial charge in [-0.3, -0.25) is 9.59 Å². The van der Waals surface area contributed by atoms with Crippen LogP contribution in [-0.4, -0.2) is 44.1 Å². The summed E-state index contributed by atoms with van der Waals surface area (Å²) in [5, 5.41) is 23.9. The molecule has 3 aromatic rings. The summed E-state index contributed by atoms with van der Waals surface area (Å²) in [6.07, 6.45) is -0.714. The van der Waals surface area contributed by atoms with Crippen molar-refractivity contribution in [3.8, 4) is 0 Å². The van der Waals surface area contributed by atoms with Crippen molar-refractivity contribution in [3.63, 3.8) is 0 Å². The van der Waals surface area contributed by atoms with Gasteiger partial charge in [0.05, 0.1) is 11.9 Å². The maximum atomic E-state index is 12.2. The van der Waals surface area contributed by atoms with E-state index in [9.17, 15) is 14.4 Å². The highest BCUT2D eigenvalue weighted by atomic mass is 16.4. The van der Waals surface area contributed by atoms with Gasteiger partial charge in [-0.2, -0.15) is 4.98 Å². The molecule has 160 valence electrons. The number of amides is 1. The molecule has 0 fully saturated rings. The quantitative estimate of drug-likeness (QED) is 0.304. The van der Waals surface area contributed by atoms with Gasteiger partial charge in [-0.15, -0.1) is 0 Å². The van der Waals surface area contributed by atoms with Crippen molar-refractivity contribution in [2.24, 2.45) is 0 Å². The molecule has 0 aliphatic rings. The minimum atomic E-state index is -1.51. The van der Waals surface area contributed by atoms with E-state index in [1.54, 1.807) is 12.1 Å². The van der Waals surface area contributed by atoms with Crippen molar-refractivity contribution in [2.75, 3.05) is 16.8 Å². The van der Waals surface area contributed by atoms with E-state index in [1.165, 1.54) is 12.1 Å². The highest BCUT2D eigenvalue weighted by molar-refractivity contribution is 5.97. The number of nitrogens with one attached hydrogen (secondary N) is 2. The molecular formula is C20H20N6O5.